The van der Waals surface area contributed by atoms with Gasteiger partial charge in [0, 0.05) is 33.8 Å². The fourth-order valence-electron chi connectivity index (χ4n) is 3.92. The first-order chi connectivity index (χ1) is 17.0. The van der Waals surface area contributed by atoms with E-state index in [-0.39, 0.29) is 17.8 Å². The fourth-order valence-corrected chi connectivity index (χ4v) is 4.80. The minimum absolute atomic E-state index is 0.136. The number of alkyl carbamates (subject to hydrolysis) is 1. The second-order valence-corrected chi connectivity index (χ2v) is 10.5. The summed E-state index contributed by atoms with van der Waals surface area (Å²) >= 11 is 1.49. The molecule has 9 heteroatoms. The van der Waals surface area contributed by atoms with Crippen LogP contribution in [0.4, 0.5) is 19.3 Å². The number of nitrogens with zero attached hydrogens (tertiary/aromatic N) is 1. The van der Waals surface area contributed by atoms with Crippen molar-refractivity contribution in [2.24, 2.45) is 0 Å². The molecule has 1 aliphatic rings. The van der Waals surface area contributed by atoms with Crippen LogP contribution in [0.2, 0.25) is 0 Å². The molecule has 1 amide bonds. The average molecular weight is 514 g/mol. The highest BCUT2D eigenvalue weighted by atomic mass is 32.2. The minimum Gasteiger partial charge on any atom is -0.444 e. The largest absolute Gasteiger partial charge is 0.444 e. The van der Waals surface area contributed by atoms with Gasteiger partial charge in [0.2, 0.25) is 0 Å². The van der Waals surface area contributed by atoms with Crippen molar-refractivity contribution in [2.75, 3.05) is 11.1 Å². The van der Waals surface area contributed by atoms with E-state index in [0.717, 1.165) is 4.90 Å². The lowest BCUT2D eigenvalue weighted by atomic mass is 9.95. The molecule has 1 unspecified atom stereocenters. The molecule has 0 radical (unpaired) electrons. The number of allylic oxidation sites excluding steroid dienone is 1. The number of halogens is 2. The Hall–Kier alpha value is -3.38. The summed E-state index contributed by atoms with van der Waals surface area (Å²) in [6.45, 7) is 7.19. The number of ether oxygens (including phenoxy) is 1. The number of Topliss-reactive ketones (excluding diaryl/α,β-unsaturated/α-hetero) is 1. The van der Waals surface area contributed by atoms with E-state index in [1.807, 2.05) is 6.92 Å². The van der Waals surface area contributed by atoms with E-state index in [0.29, 0.717) is 40.3 Å². The first-order valence-corrected chi connectivity index (χ1v) is 12.6. The predicted octanol–water partition coefficient (Wildman–Crippen LogP) is 6.90. The van der Waals surface area contributed by atoms with E-state index in [4.69, 9.17) is 4.74 Å². The average Bonchev–Trinajstić information content (AvgIpc) is 3.16. The molecule has 0 fully saturated rings. The van der Waals surface area contributed by atoms with Crippen molar-refractivity contribution in [3.05, 3.63) is 70.4 Å². The van der Waals surface area contributed by atoms with Gasteiger partial charge in [-0.05, 0) is 62.8 Å². The maximum Gasteiger partial charge on any atom is 0.408 e. The third-order valence-electron chi connectivity index (χ3n) is 5.36. The highest BCUT2D eigenvalue weighted by Crippen LogP contribution is 2.38. The Balaban J connectivity index is 2.11. The zero-order valence-corrected chi connectivity index (χ0v) is 21.5. The van der Waals surface area contributed by atoms with Crippen molar-refractivity contribution in [3.8, 4) is 6.07 Å². The van der Waals surface area contributed by atoms with Crippen LogP contribution < -0.4 is 10.6 Å². The summed E-state index contributed by atoms with van der Waals surface area (Å²) in [6, 6.07) is 12.2. The van der Waals surface area contributed by atoms with Gasteiger partial charge in [0.15, 0.2) is 5.78 Å². The molecule has 2 N–H and O–H groups in total. The number of alkyl halides is 2. The van der Waals surface area contributed by atoms with Crippen LogP contribution in [0.1, 0.15) is 69.7 Å². The van der Waals surface area contributed by atoms with E-state index in [9.17, 15) is 23.6 Å². The number of carbonyl (C=O) groups is 2. The number of rotatable bonds is 8. The van der Waals surface area contributed by atoms with E-state index in [2.05, 4.69) is 16.7 Å². The molecule has 0 heterocycles. The second kappa shape index (κ2) is 11.6. The lowest BCUT2D eigenvalue weighted by Crippen LogP contribution is -2.37. The van der Waals surface area contributed by atoms with Crippen LogP contribution in [0.25, 0.3) is 0 Å². The Morgan fingerprint density at radius 1 is 1.19 bits per heavy atom. The van der Waals surface area contributed by atoms with Gasteiger partial charge in [-0.15, -0.1) is 11.8 Å². The quantitative estimate of drug-likeness (QED) is 0.373. The molecule has 6 nitrogen and oxygen atoms in total. The van der Waals surface area contributed by atoms with E-state index in [1.165, 1.54) is 30.0 Å². The summed E-state index contributed by atoms with van der Waals surface area (Å²) in [6.07, 6.45) is -2.74. The van der Waals surface area contributed by atoms with Gasteiger partial charge in [0.1, 0.15) is 5.60 Å². The maximum absolute atomic E-state index is 13.2. The van der Waals surface area contributed by atoms with Crippen LogP contribution in [0.5, 0.6) is 0 Å². The van der Waals surface area contributed by atoms with Gasteiger partial charge in [-0.3, -0.25) is 4.79 Å². The summed E-state index contributed by atoms with van der Waals surface area (Å²) in [5, 5.41) is 15.4. The van der Waals surface area contributed by atoms with Gasteiger partial charge in [-0.25, -0.2) is 13.6 Å². The van der Waals surface area contributed by atoms with Crippen molar-refractivity contribution < 1.29 is 23.1 Å². The number of hydrogen-bond donors (Lipinski definition) is 2. The zero-order valence-electron chi connectivity index (χ0n) is 20.7. The highest BCUT2D eigenvalue weighted by molar-refractivity contribution is 7.99. The van der Waals surface area contributed by atoms with Crippen LogP contribution in [-0.4, -0.2) is 23.2 Å². The molecular formula is C27H29F2N3O3S. The van der Waals surface area contributed by atoms with Crippen LogP contribution >= 0.6 is 11.8 Å². The topological polar surface area (TPSA) is 91.2 Å². The molecule has 0 saturated heterocycles. The number of nitriles is 1. The molecule has 1 atom stereocenters. The number of ketones is 1. The monoisotopic (exact) mass is 513 g/mol. The number of amides is 1. The third-order valence-corrected chi connectivity index (χ3v) is 6.32. The van der Waals surface area contributed by atoms with Crippen molar-refractivity contribution in [3.63, 3.8) is 0 Å². The molecule has 3 rings (SSSR count). The van der Waals surface area contributed by atoms with Crippen LogP contribution in [0.15, 0.2) is 58.6 Å². The van der Waals surface area contributed by atoms with Gasteiger partial charge in [-0.1, -0.05) is 25.1 Å². The summed E-state index contributed by atoms with van der Waals surface area (Å²) in [4.78, 5) is 26.8. The number of thioether (sulfide) groups is 1. The fraction of sp³-hybridized carbons (Fsp3) is 0.370. The Kier molecular flexibility index (Phi) is 8.75. The molecule has 0 bridgehead atoms. The third kappa shape index (κ3) is 6.85. The highest BCUT2D eigenvalue weighted by Gasteiger charge is 2.34. The number of anilines is 1. The molecule has 2 aromatic carbocycles. The second-order valence-electron chi connectivity index (χ2n) is 9.24. The van der Waals surface area contributed by atoms with E-state index < -0.39 is 24.2 Å². The molecular weight excluding hydrogens is 484 g/mol. The van der Waals surface area contributed by atoms with Crippen molar-refractivity contribution in [1.82, 2.24) is 5.32 Å². The zero-order chi connectivity index (χ0) is 26.5. The van der Waals surface area contributed by atoms with Gasteiger partial charge in [0.05, 0.1) is 17.7 Å². The molecule has 36 heavy (non-hydrogen) atoms. The molecule has 0 aromatic heterocycles. The summed E-state index contributed by atoms with van der Waals surface area (Å²) in [5.74, 6) is 0.542. The van der Waals surface area contributed by atoms with Gasteiger partial charge < -0.3 is 15.4 Å². The molecule has 190 valence electrons. The normalized spacial score (nSPS) is 14.6. The number of benzene rings is 2. The first-order valence-electron chi connectivity index (χ1n) is 11.6. The first kappa shape index (κ1) is 27.2. The maximum atomic E-state index is 13.2. The Morgan fingerprint density at radius 3 is 2.58 bits per heavy atom. The van der Waals surface area contributed by atoms with E-state index >= 15 is 0 Å². The van der Waals surface area contributed by atoms with Crippen LogP contribution in [0, 0.1) is 11.3 Å². The minimum atomic E-state index is -2.63. The number of hydrogen-bond acceptors (Lipinski definition) is 6. The van der Waals surface area contributed by atoms with Gasteiger partial charge >= 0.3 is 6.09 Å². The SMILES string of the molecule is CCSc1cc(C#N)ccc1C(NC(=O)OC(C)(C)C)C1=C(Nc2cccc(C(F)F)c2)CCC1=O. The Morgan fingerprint density at radius 2 is 1.94 bits per heavy atom. The van der Waals surface area contributed by atoms with Crippen LogP contribution in [-0.2, 0) is 9.53 Å². The van der Waals surface area contributed by atoms with Crippen LogP contribution in [0.3, 0.4) is 0 Å². The molecule has 0 saturated carbocycles. The summed E-state index contributed by atoms with van der Waals surface area (Å²) in [5.41, 5.74) is 1.52. The molecule has 0 spiro atoms. The lowest BCUT2D eigenvalue weighted by molar-refractivity contribution is -0.115. The molecule has 1 aliphatic carbocycles. The summed E-state index contributed by atoms with van der Waals surface area (Å²) < 4.78 is 31.9. The van der Waals surface area contributed by atoms with Gasteiger partial charge in [0.25, 0.3) is 6.43 Å². The van der Waals surface area contributed by atoms with Gasteiger partial charge in [-0.2, -0.15) is 5.26 Å². The number of carbonyl (C=O) groups excluding carboxylic acids is 2. The molecule has 2 aromatic rings. The Labute approximate surface area is 214 Å². The van der Waals surface area contributed by atoms with Crippen molar-refractivity contribution in [1.29, 1.82) is 5.26 Å². The predicted molar refractivity (Wildman–Crippen MR) is 136 cm³/mol. The van der Waals surface area contributed by atoms with Crippen molar-refractivity contribution in [2.45, 2.75) is 63.5 Å². The van der Waals surface area contributed by atoms with Crippen molar-refractivity contribution >= 4 is 29.3 Å². The number of nitrogens with one attached hydrogen (secondary N) is 2. The Bertz CT molecular complexity index is 1220. The molecule has 0 aliphatic heterocycles. The standard InChI is InChI=1S/C27H29F2N3O3S/c1-5-36-22-13-16(15-30)9-10-19(22)24(32-26(34)35-27(2,3)4)23-20(11-12-21(23)33)31-18-8-6-7-17(14-18)25(28)29/h6-10,13-14,24-25,31H,5,11-12H2,1-4H3,(H,32,34). The lowest BCUT2D eigenvalue weighted by Gasteiger charge is -2.26. The van der Waals surface area contributed by atoms with E-state index in [1.54, 1.807) is 45.0 Å². The summed E-state index contributed by atoms with van der Waals surface area (Å²) in [7, 11) is 0. The smallest absolute Gasteiger partial charge is 0.408 e.